The number of rotatable bonds is 4. The van der Waals surface area contributed by atoms with E-state index >= 15 is 0 Å². The van der Waals surface area contributed by atoms with Crippen molar-refractivity contribution in [3.05, 3.63) is 0 Å². The lowest BCUT2D eigenvalue weighted by atomic mass is 9.91. The molecule has 0 aromatic carbocycles. The Hall–Kier alpha value is -0.120. The maximum atomic E-state index is 10.1. The Labute approximate surface area is 80.5 Å². The highest BCUT2D eigenvalue weighted by molar-refractivity contribution is 4.86. The minimum absolute atomic E-state index is 0.196. The van der Waals surface area contributed by atoms with E-state index in [-0.39, 0.29) is 6.10 Å². The summed E-state index contributed by atoms with van der Waals surface area (Å²) in [6.45, 7) is 6.52. The van der Waals surface area contributed by atoms with Crippen molar-refractivity contribution in [2.75, 3.05) is 19.7 Å². The predicted molar refractivity (Wildman–Crippen MR) is 52.8 cm³/mol. The first-order valence-corrected chi connectivity index (χ1v) is 5.21. The Morgan fingerprint density at radius 1 is 1.62 bits per heavy atom. The second kappa shape index (κ2) is 4.94. The number of nitrogens with one attached hydrogen (secondary N) is 1. The maximum absolute atomic E-state index is 10.1. The minimum Gasteiger partial charge on any atom is -0.388 e. The zero-order valence-corrected chi connectivity index (χ0v) is 8.68. The van der Waals surface area contributed by atoms with Crippen molar-refractivity contribution in [3.63, 3.8) is 0 Å². The Morgan fingerprint density at radius 3 is 3.00 bits per heavy atom. The monoisotopic (exact) mass is 187 g/mol. The molecule has 1 aliphatic rings. The summed E-state index contributed by atoms with van der Waals surface area (Å²) in [5, 5.41) is 13.4. The van der Waals surface area contributed by atoms with Gasteiger partial charge in [0, 0.05) is 26.0 Å². The van der Waals surface area contributed by atoms with Crippen molar-refractivity contribution in [2.24, 2.45) is 0 Å². The highest BCUT2D eigenvalue weighted by atomic mass is 16.5. The van der Waals surface area contributed by atoms with Crippen LogP contribution in [0, 0.1) is 0 Å². The lowest BCUT2D eigenvalue weighted by molar-refractivity contribution is -0.0948. The highest BCUT2D eigenvalue weighted by Crippen LogP contribution is 2.23. The molecule has 0 aliphatic carbocycles. The van der Waals surface area contributed by atoms with Crippen LogP contribution in [0.4, 0.5) is 0 Å². The Morgan fingerprint density at radius 2 is 2.38 bits per heavy atom. The standard InChI is InChI=1S/C10H21NO2/c1-3-5-11-8-10(12)4-6-13-9(2)7-10/h9,11-12H,3-8H2,1-2H3. The molecule has 1 aliphatic heterocycles. The van der Waals surface area contributed by atoms with Gasteiger partial charge in [-0.05, 0) is 19.9 Å². The van der Waals surface area contributed by atoms with E-state index in [9.17, 15) is 5.11 Å². The fourth-order valence-corrected chi connectivity index (χ4v) is 1.80. The van der Waals surface area contributed by atoms with E-state index in [1.54, 1.807) is 0 Å². The summed E-state index contributed by atoms with van der Waals surface area (Å²) in [6, 6.07) is 0. The van der Waals surface area contributed by atoms with E-state index in [1.807, 2.05) is 6.92 Å². The minimum atomic E-state index is -0.535. The third-order valence-electron chi connectivity index (χ3n) is 2.52. The van der Waals surface area contributed by atoms with Gasteiger partial charge in [0.05, 0.1) is 11.7 Å². The number of aliphatic hydroxyl groups is 1. The quantitative estimate of drug-likeness (QED) is 0.643. The lowest BCUT2D eigenvalue weighted by Crippen LogP contribution is -2.47. The zero-order valence-electron chi connectivity index (χ0n) is 8.68. The summed E-state index contributed by atoms with van der Waals surface area (Å²) in [7, 11) is 0. The molecular weight excluding hydrogens is 166 g/mol. The molecule has 1 heterocycles. The molecule has 2 unspecified atom stereocenters. The van der Waals surface area contributed by atoms with Crippen molar-refractivity contribution < 1.29 is 9.84 Å². The second-order valence-electron chi connectivity index (χ2n) is 4.04. The molecule has 1 fully saturated rings. The van der Waals surface area contributed by atoms with Crippen LogP contribution in [-0.4, -0.2) is 36.5 Å². The molecular formula is C10H21NO2. The third-order valence-corrected chi connectivity index (χ3v) is 2.52. The number of ether oxygens (including phenoxy) is 1. The molecule has 0 spiro atoms. The first kappa shape index (κ1) is 11.0. The van der Waals surface area contributed by atoms with E-state index < -0.39 is 5.60 Å². The van der Waals surface area contributed by atoms with Crippen LogP contribution >= 0.6 is 0 Å². The van der Waals surface area contributed by atoms with Crippen molar-refractivity contribution in [3.8, 4) is 0 Å². The molecule has 0 saturated carbocycles. The van der Waals surface area contributed by atoms with Crippen LogP contribution in [0.3, 0.4) is 0 Å². The number of hydrogen-bond acceptors (Lipinski definition) is 3. The average molecular weight is 187 g/mol. The summed E-state index contributed by atoms with van der Waals surface area (Å²) in [5.74, 6) is 0. The molecule has 78 valence electrons. The molecule has 0 aromatic rings. The molecule has 0 amide bonds. The third kappa shape index (κ3) is 3.63. The van der Waals surface area contributed by atoms with Gasteiger partial charge in [0.1, 0.15) is 0 Å². The molecule has 0 aromatic heterocycles. The van der Waals surface area contributed by atoms with Gasteiger partial charge in [0.15, 0.2) is 0 Å². The smallest absolute Gasteiger partial charge is 0.0818 e. The molecule has 2 N–H and O–H groups in total. The SMILES string of the molecule is CCCNCC1(O)CCOC(C)C1. The van der Waals surface area contributed by atoms with Crippen LogP contribution in [0.5, 0.6) is 0 Å². The summed E-state index contributed by atoms with van der Waals surface area (Å²) < 4.78 is 5.39. The number of hydrogen-bond donors (Lipinski definition) is 2. The van der Waals surface area contributed by atoms with Gasteiger partial charge in [-0.1, -0.05) is 6.92 Å². The summed E-state index contributed by atoms with van der Waals surface area (Å²) in [5.41, 5.74) is -0.535. The predicted octanol–water partition coefficient (Wildman–Crippen LogP) is 0.916. The molecule has 2 atom stereocenters. The largest absolute Gasteiger partial charge is 0.388 e. The van der Waals surface area contributed by atoms with E-state index in [0.717, 1.165) is 25.8 Å². The van der Waals surface area contributed by atoms with Gasteiger partial charge < -0.3 is 15.2 Å². The van der Waals surface area contributed by atoms with Crippen LogP contribution < -0.4 is 5.32 Å². The van der Waals surface area contributed by atoms with Gasteiger partial charge in [-0.15, -0.1) is 0 Å². The summed E-state index contributed by atoms with van der Waals surface area (Å²) in [4.78, 5) is 0. The molecule has 1 saturated heterocycles. The molecule has 1 rings (SSSR count). The van der Waals surface area contributed by atoms with Gasteiger partial charge in [0.25, 0.3) is 0 Å². The van der Waals surface area contributed by atoms with E-state index in [4.69, 9.17) is 4.74 Å². The van der Waals surface area contributed by atoms with Crippen molar-refractivity contribution in [2.45, 2.75) is 44.8 Å². The van der Waals surface area contributed by atoms with Crippen molar-refractivity contribution in [1.82, 2.24) is 5.32 Å². The molecule has 3 nitrogen and oxygen atoms in total. The normalized spacial score (nSPS) is 34.8. The van der Waals surface area contributed by atoms with Crippen LogP contribution in [-0.2, 0) is 4.74 Å². The fraction of sp³-hybridized carbons (Fsp3) is 1.00. The Kier molecular flexibility index (Phi) is 4.16. The maximum Gasteiger partial charge on any atom is 0.0818 e. The van der Waals surface area contributed by atoms with Crippen molar-refractivity contribution >= 4 is 0 Å². The van der Waals surface area contributed by atoms with E-state index in [2.05, 4.69) is 12.2 Å². The van der Waals surface area contributed by atoms with Crippen LogP contribution in [0.2, 0.25) is 0 Å². The molecule has 3 heteroatoms. The molecule has 13 heavy (non-hydrogen) atoms. The summed E-state index contributed by atoms with van der Waals surface area (Å²) >= 11 is 0. The molecule has 0 radical (unpaired) electrons. The van der Waals surface area contributed by atoms with Crippen LogP contribution in [0.15, 0.2) is 0 Å². The van der Waals surface area contributed by atoms with Gasteiger partial charge in [-0.25, -0.2) is 0 Å². The van der Waals surface area contributed by atoms with Crippen LogP contribution in [0.1, 0.15) is 33.1 Å². The van der Waals surface area contributed by atoms with Gasteiger partial charge >= 0.3 is 0 Å². The van der Waals surface area contributed by atoms with Gasteiger partial charge in [0.2, 0.25) is 0 Å². The van der Waals surface area contributed by atoms with Crippen LogP contribution in [0.25, 0.3) is 0 Å². The molecule has 0 bridgehead atoms. The second-order valence-corrected chi connectivity index (χ2v) is 4.04. The zero-order chi connectivity index (χ0) is 9.73. The van der Waals surface area contributed by atoms with E-state index in [0.29, 0.717) is 13.2 Å². The summed E-state index contributed by atoms with van der Waals surface area (Å²) in [6.07, 6.45) is 2.82. The topological polar surface area (TPSA) is 41.5 Å². The first-order chi connectivity index (χ1) is 6.16. The average Bonchev–Trinajstić information content (AvgIpc) is 2.04. The lowest BCUT2D eigenvalue weighted by Gasteiger charge is -2.35. The van der Waals surface area contributed by atoms with Gasteiger partial charge in [-0.3, -0.25) is 0 Å². The highest BCUT2D eigenvalue weighted by Gasteiger charge is 2.32. The van der Waals surface area contributed by atoms with E-state index in [1.165, 1.54) is 0 Å². The Bertz CT molecular complexity index is 152. The Balaban J connectivity index is 2.27. The van der Waals surface area contributed by atoms with Crippen molar-refractivity contribution in [1.29, 1.82) is 0 Å². The van der Waals surface area contributed by atoms with Gasteiger partial charge in [-0.2, -0.15) is 0 Å². The fourth-order valence-electron chi connectivity index (χ4n) is 1.80. The first-order valence-electron chi connectivity index (χ1n) is 5.21.